The zero-order chi connectivity index (χ0) is 14.7. The van der Waals surface area contributed by atoms with Crippen molar-refractivity contribution in [2.45, 2.75) is 32.3 Å². The van der Waals surface area contributed by atoms with E-state index in [2.05, 4.69) is 30.4 Å². The fraction of sp³-hybridized carbons (Fsp3) is 0.278. The number of ether oxygens (including phenoxy) is 1. The molecule has 1 N–H and O–H groups in total. The summed E-state index contributed by atoms with van der Waals surface area (Å²) >= 11 is 0. The molecule has 2 aromatic carbocycles. The molecule has 1 aliphatic rings. The van der Waals surface area contributed by atoms with Crippen LogP contribution >= 0.6 is 0 Å². The van der Waals surface area contributed by atoms with E-state index in [-0.39, 0.29) is 12.2 Å². The first-order valence-corrected chi connectivity index (χ1v) is 7.34. The number of para-hydroxylation sites is 1. The van der Waals surface area contributed by atoms with E-state index in [1.807, 2.05) is 30.3 Å². The molecule has 0 saturated heterocycles. The van der Waals surface area contributed by atoms with Crippen LogP contribution in [0.15, 0.2) is 48.5 Å². The molecule has 0 bridgehead atoms. The lowest BCUT2D eigenvalue weighted by molar-refractivity contribution is 0.0999. The molecule has 0 unspecified atom stereocenters. The van der Waals surface area contributed by atoms with Crippen LogP contribution in [0, 0.1) is 6.92 Å². The second-order valence-electron chi connectivity index (χ2n) is 5.48. The molecule has 21 heavy (non-hydrogen) atoms. The minimum atomic E-state index is -0.388. The Morgan fingerprint density at radius 2 is 2.00 bits per heavy atom. The van der Waals surface area contributed by atoms with Crippen LogP contribution in [-0.2, 0) is 11.2 Å². The molecule has 0 radical (unpaired) electrons. The van der Waals surface area contributed by atoms with Crippen LogP contribution in [0.4, 0.5) is 10.5 Å². The van der Waals surface area contributed by atoms with Gasteiger partial charge in [0, 0.05) is 5.69 Å². The monoisotopic (exact) mass is 281 g/mol. The summed E-state index contributed by atoms with van der Waals surface area (Å²) in [5.41, 5.74) is 4.41. The van der Waals surface area contributed by atoms with E-state index in [0.717, 1.165) is 30.5 Å². The second kappa shape index (κ2) is 6.00. The average molecular weight is 281 g/mol. The van der Waals surface area contributed by atoms with Crippen molar-refractivity contribution in [3.8, 4) is 0 Å². The van der Waals surface area contributed by atoms with Gasteiger partial charge >= 0.3 is 6.09 Å². The SMILES string of the molecule is Cc1ccc2c(c1)[C@H](OC(=O)Nc1ccccc1)CCC2. The summed E-state index contributed by atoms with van der Waals surface area (Å²) in [6.07, 6.45) is 2.48. The topological polar surface area (TPSA) is 38.3 Å². The standard InChI is InChI=1S/C18H19NO2/c1-13-10-11-14-6-5-9-17(16(14)12-13)21-18(20)19-15-7-3-2-4-8-15/h2-4,7-8,10-12,17H,5-6,9H2,1H3,(H,19,20)/t17-/m1/s1. The van der Waals surface area contributed by atoms with Gasteiger partial charge in [0.2, 0.25) is 0 Å². The second-order valence-corrected chi connectivity index (χ2v) is 5.48. The van der Waals surface area contributed by atoms with Gasteiger partial charge in [0.1, 0.15) is 6.10 Å². The van der Waals surface area contributed by atoms with Crippen molar-refractivity contribution in [2.75, 3.05) is 5.32 Å². The molecule has 3 rings (SSSR count). The molecule has 0 heterocycles. The summed E-state index contributed by atoms with van der Waals surface area (Å²) in [5.74, 6) is 0. The fourth-order valence-electron chi connectivity index (χ4n) is 2.80. The fourth-order valence-corrected chi connectivity index (χ4v) is 2.80. The average Bonchev–Trinajstić information content (AvgIpc) is 2.49. The smallest absolute Gasteiger partial charge is 0.412 e. The first-order chi connectivity index (χ1) is 10.2. The van der Waals surface area contributed by atoms with Gasteiger partial charge in [-0.15, -0.1) is 0 Å². The van der Waals surface area contributed by atoms with Crippen molar-refractivity contribution in [1.29, 1.82) is 0 Å². The van der Waals surface area contributed by atoms with Gasteiger partial charge in [-0.1, -0.05) is 42.0 Å². The van der Waals surface area contributed by atoms with Gasteiger partial charge < -0.3 is 4.74 Å². The Kier molecular flexibility index (Phi) is 3.91. The van der Waals surface area contributed by atoms with Crippen LogP contribution in [0.25, 0.3) is 0 Å². The van der Waals surface area contributed by atoms with Crippen LogP contribution in [0.5, 0.6) is 0 Å². The van der Waals surface area contributed by atoms with Crippen molar-refractivity contribution in [3.05, 3.63) is 65.2 Å². The highest BCUT2D eigenvalue weighted by Gasteiger charge is 2.23. The predicted molar refractivity (Wildman–Crippen MR) is 83.4 cm³/mol. The number of fused-ring (bicyclic) bond motifs is 1. The number of amides is 1. The van der Waals surface area contributed by atoms with Gasteiger partial charge in [-0.3, -0.25) is 5.32 Å². The number of hydrogen-bond donors (Lipinski definition) is 1. The molecule has 1 aliphatic carbocycles. The van der Waals surface area contributed by atoms with Crippen molar-refractivity contribution in [3.63, 3.8) is 0 Å². The Bertz CT molecular complexity index is 637. The molecule has 0 fully saturated rings. The van der Waals surface area contributed by atoms with Gasteiger partial charge in [-0.25, -0.2) is 4.79 Å². The van der Waals surface area contributed by atoms with E-state index >= 15 is 0 Å². The zero-order valence-electron chi connectivity index (χ0n) is 12.1. The Balaban J connectivity index is 1.71. The maximum atomic E-state index is 12.0. The molecular formula is C18H19NO2. The highest BCUT2D eigenvalue weighted by Crippen LogP contribution is 2.33. The van der Waals surface area contributed by atoms with Gasteiger partial charge in [0.05, 0.1) is 0 Å². The number of aryl methyl sites for hydroxylation is 2. The Morgan fingerprint density at radius 3 is 2.81 bits per heavy atom. The van der Waals surface area contributed by atoms with Crippen LogP contribution in [0.3, 0.4) is 0 Å². The summed E-state index contributed by atoms with van der Waals surface area (Å²) < 4.78 is 5.63. The number of rotatable bonds is 2. The molecule has 0 spiro atoms. The first-order valence-electron chi connectivity index (χ1n) is 7.34. The van der Waals surface area contributed by atoms with Crippen LogP contribution < -0.4 is 5.32 Å². The number of carbonyl (C=O) groups excluding carboxylic acids is 1. The number of nitrogens with one attached hydrogen (secondary N) is 1. The van der Waals surface area contributed by atoms with Crippen molar-refractivity contribution in [2.24, 2.45) is 0 Å². The van der Waals surface area contributed by atoms with Gasteiger partial charge in [0.15, 0.2) is 0 Å². The Labute approximate surface area is 124 Å². The Hall–Kier alpha value is -2.29. The number of carbonyl (C=O) groups is 1. The third-order valence-corrected chi connectivity index (χ3v) is 3.83. The van der Waals surface area contributed by atoms with E-state index in [0.29, 0.717) is 0 Å². The molecule has 0 saturated carbocycles. The first kappa shape index (κ1) is 13.7. The summed E-state index contributed by atoms with van der Waals surface area (Å²) in [6.45, 7) is 2.07. The third-order valence-electron chi connectivity index (χ3n) is 3.83. The molecule has 3 nitrogen and oxygen atoms in total. The molecule has 2 aromatic rings. The third kappa shape index (κ3) is 3.24. The molecule has 0 aromatic heterocycles. The van der Waals surface area contributed by atoms with Crippen molar-refractivity contribution in [1.82, 2.24) is 0 Å². The molecule has 3 heteroatoms. The summed E-state index contributed by atoms with van der Waals surface area (Å²) in [5, 5.41) is 2.77. The maximum absolute atomic E-state index is 12.0. The van der Waals surface area contributed by atoms with Gasteiger partial charge in [0.25, 0.3) is 0 Å². The number of hydrogen-bond acceptors (Lipinski definition) is 2. The highest BCUT2D eigenvalue weighted by atomic mass is 16.6. The minimum absolute atomic E-state index is 0.141. The molecule has 1 atom stereocenters. The lowest BCUT2D eigenvalue weighted by atomic mass is 9.88. The van der Waals surface area contributed by atoms with E-state index < -0.39 is 0 Å². The normalized spacial score (nSPS) is 16.9. The van der Waals surface area contributed by atoms with E-state index in [4.69, 9.17) is 4.74 Å². The lowest BCUT2D eigenvalue weighted by Crippen LogP contribution is -2.20. The van der Waals surface area contributed by atoms with E-state index in [1.165, 1.54) is 11.1 Å². The van der Waals surface area contributed by atoms with Crippen molar-refractivity contribution < 1.29 is 9.53 Å². The van der Waals surface area contributed by atoms with Gasteiger partial charge in [-0.05, 0) is 49.4 Å². The number of benzene rings is 2. The largest absolute Gasteiger partial charge is 0.441 e. The molecule has 108 valence electrons. The minimum Gasteiger partial charge on any atom is -0.441 e. The predicted octanol–water partition coefficient (Wildman–Crippen LogP) is 4.62. The van der Waals surface area contributed by atoms with Crippen molar-refractivity contribution >= 4 is 11.8 Å². The maximum Gasteiger partial charge on any atom is 0.412 e. The summed E-state index contributed by atoms with van der Waals surface area (Å²) in [4.78, 5) is 12.0. The zero-order valence-corrected chi connectivity index (χ0v) is 12.1. The summed E-state index contributed by atoms with van der Waals surface area (Å²) in [7, 11) is 0. The van der Waals surface area contributed by atoms with Crippen LogP contribution in [0.1, 0.15) is 35.6 Å². The van der Waals surface area contributed by atoms with E-state index in [1.54, 1.807) is 0 Å². The Morgan fingerprint density at radius 1 is 1.19 bits per heavy atom. The molecular weight excluding hydrogens is 262 g/mol. The van der Waals surface area contributed by atoms with E-state index in [9.17, 15) is 4.79 Å². The van der Waals surface area contributed by atoms with Crippen LogP contribution in [-0.4, -0.2) is 6.09 Å². The summed E-state index contributed by atoms with van der Waals surface area (Å²) in [6, 6.07) is 15.8. The molecule has 1 amide bonds. The molecule has 0 aliphatic heterocycles. The van der Waals surface area contributed by atoms with Gasteiger partial charge in [-0.2, -0.15) is 0 Å². The quantitative estimate of drug-likeness (QED) is 0.872. The van der Waals surface area contributed by atoms with Crippen LogP contribution in [0.2, 0.25) is 0 Å². The lowest BCUT2D eigenvalue weighted by Gasteiger charge is -2.26. The number of anilines is 1. The highest BCUT2D eigenvalue weighted by molar-refractivity contribution is 5.84.